The molecule has 0 aromatic carbocycles. The van der Waals surface area contributed by atoms with Crippen molar-refractivity contribution in [2.45, 2.75) is 43.9 Å². The van der Waals surface area contributed by atoms with Gasteiger partial charge in [-0.05, 0) is 37.2 Å². The number of imidazole rings is 1. The summed E-state index contributed by atoms with van der Waals surface area (Å²) in [6.45, 7) is 0. The normalized spacial score (nSPS) is 25.0. The number of nitrogens with zero attached hydrogens (tertiary/aromatic N) is 3. The van der Waals surface area contributed by atoms with Gasteiger partial charge in [-0.3, -0.25) is 0 Å². The monoisotopic (exact) mass is 422 g/mol. The van der Waals surface area contributed by atoms with E-state index in [0.717, 1.165) is 25.1 Å². The van der Waals surface area contributed by atoms with Gasteiger partial charge in [0.2, 0.25) is 6.10 Å². The van der Waals surface area contributed by atoms with Crippen LogP contribution in [0.2, 0.25) is 0 Å². The van der Waals surface area contributed by atoms with E-state index in [1.807, 2.05) is 0 Å². The van der Waals surface area contributed by atoms with Gasteiger partial charge in [-0.25, -0.2) is 9.97 Å². The molecule has 3 aliphatic rings. The Kier molecular flexibility index (Phi) is 4.44. The molecule has 0 radical (unpaired) electrons. The van der Waals surface area contributed by atoms with E-state index >= 15 is 0 Å². The fourth-order valence-corrected chi connectivity index (χ4v) is 4.13. The molecule has 2 aromatic rings. The Morgan fingerprint density at radius 1 is 1.17 bits per heavy atom. The SMILES string of the molecule is Nc1ncc(-c2cn(C3CC4CC3C4)c(C(O)C(F)(F)F)n2)cc1OC(F)(F)F. The molecule has 2 aromatic heterocycles. The Balaban J connectivity index is 1.75. The second-order valence-corrected chi connectivity index (χ2v) is 7.39. The number of ether oxygens (including phenoxy) is 1. The maximum atomic E-state index is 13.1. The Labute approximate surface area is 160 Å². The minimum atomic E-state index is -5.02. The highest BCUT2D eigenvalue weighted by Crippen LogP contribution is 2.55. The fourth-order valence-electron chi connectivity index (χ4n) is 4.13. The van der Waals surface area contributed by atoms with E-state index in [4.69, 9.17) is 5.73 Å². The molecule has 0 amide bonds. The van der Waals surface area contributed by atoms with E-state index in [0.29, 0.717) is 12.3 Å². The third kappa shape index (κ3) is 3.72. The number of alkyl halides is 6. The zero-order chi connectivity index (χ0) is 21.1. The first kappa shape index (κ1) is 19.8. The van der Waals surface area contributed by atoms with Crippen LogP contribution in [0.25, 0.3) is 11.3 Å². The van der Waals surface area contributed by atoms with Gasteiger partial charge in [0.05, 0.1) is 5.69 Å². The molecule has 2 heterocycles. The highest BCUT2D eigenvalue weighted by atomic mass is 19.4. The number of fused-ring (bicyclic) bond motifs is 1. The first-order valence-electron chi connectivity index (χ1n) is 8.77. The van der Waals surface area contributed by atoms with Gasteiger partial charge in [0.15, 0.2) is 11.6 Å². The number of anilines is 1. The molecule has 2 atom stereocenters. The van der Waals surface area contributed by atoms with Crippen LogP contribution in [0.3, 0.4) is 0 Å². The summed E-state index contributed by atoms with van der Waals surface area (Å²) < 4.78 is 82.1. The summed E-state index contributed by atoms with van der Waals surface area (Å²) in [4.78, 5) is 7.50. The van der Waals surface area contributed by atoms with Gasteiger partial charge < -0.3 is 20.1 Å². The van der Waals surface area contributed by atoms with E-state index in [2.05, 4.69) is 14.7 Å². The lowest BCUT2D eigenvalue weighted by atomic mass is 9.84. The number of halogens is 6. The van der Waals surface area contributed by atoms with Crippen LogP contribution in [0, 0.1) is 11.8 Å². The van der Waals surface area contributed by atoms with Crippen molar-refractivity contribution in [2.75, 3.05) is 5.73 Å². The average molecular weight is 422 g/mol. The molecule has 3 N–H and O–H groups in total. The average Bonchev–Trinajstić information content (AvgIpc) is 3.25. The number of hydrogen-bond donors (Lipinski definition) is 2. The molecule has 0 spiro atoms. The highest BCUT2D eigenvalue weighted by molar-refractivity contribution is 5.64. The van der Waals surface area contributed by atoms with Crippen LogP contribution in [0.15, 0.2) is 18.5 Å². The third-order valence-electron chi connectivity index (χ3n) is 5.47. The molecule has 3 fully saturated rings. The number of nitrogen functional groups attached to an aromatic ring is 1. The van der Waals surface area contributed by atoms with Crippen LogP contribution in [0.4, 0.5) is 32.2 Å². The van der Waals surface area contributed by atoms with Crippen LogP contribution >= 0.6 is 0 Å². The van der Waals surface area contributed by atoms with Gasteiger partial charge in [0, 0.05) is 24.0 Å². The van der Waals surface area contributed by atoms with Crippen molar-refractivity contribution in [1.82, 2.24) is 14.5 Å². The molecule has 2 unspecified atom stereocenters. The standard InChI is InChI=1S/C17H16F6N4O2/c18-16(19,20)13(28)15-26-10(6-27(15)11-3-7-1-8(11)2-7)9-4-12(14(24)25-5-9)29-17(21,22)23/h4-8,11,13,28H,1-3H2,(H2,24,25). The smallest absolute Gasteiger partial charge is 0.402 e. The maximum absolute atomic E-state index is 13.1. The van der Waals surface area contributed by atoms with E-state index in [1.165, 1.54) is 10.8 Å². The van der Waals surface area contributed by atoms with Crippen molar-refractivity contribution in [3.05, 3.63) is 24.3 Å². The zero-order valence-corrected chi connectivity index (χ0v) is 14.7. The van der Waals surface area contributed by atoms with Gasteiger partial charge >= 0.3 is 12.5 Å². The lowest BCUT2D eigenvalue weighted by molar-refractivity contribution is -0.274. The number of aliphatic hydroxyl groups is 1. The summed E-state index contributed by atoms with van der Waals surface area (Å²) in [7, 11) is 0. The summed E-state index contributed by atoms with van der Waals surface area (Å²) in [5.41, 5.74) is 5.31. The molecule has 3 aliphatic carbocycles. The summed E-state index contributed by atoms with van der Waals surface area (Å²) in [5.74, 6) is -1.30. The molecule has 2 bridgehead atoms. The van der Waals surface area contributed by atoms with Crippen molar-refractivity contribution < 1.29 is 36.2 Å². The topological polar surface area (TPSA) is 86.2 Å². The van der Waals surface area contributed by atoms with E-state index in [9.17, 15) is 31.4 Å². The first-order chi connectivity index (χ1) is 13.4. The van der Waals surface area contributed by atoms with Gasteiger partial charge in [-0.1, -0.05) is 0 Å². The quantitative estimate of drug-likeness (QED) is 0.728. The number of aliphatic hydroxyl groups excluding tert-OH is 1. The lowest BCUT2D eigenvalue weighted by Crippen LogP contribution is -2.26. The summed E-state index contributed by atoms with van der Waals surface area (Å²) in [5, 5.41) is 9.79. The Bertz CT molecular complexity index is 900. The molecule has 158 valence electrons. The maximum Gasteiger partial charge on any atom is 0.573 e. The third-order valence-corrected chi connectivity index (χ3v) is 5.47. The van der Waals surface area contributed by atoms with Crippen molar-refractivity contribution >= 4 is 5.82 Å². The lowest BCUT2D eigenvalue weighted by Gasteiger charge is -2.26. The Morgan fingerprint density at radius 3 is 2.41 bits per heavy atom. The molecule has 0 aliphatic heterocycles. The summed E-state index contributed by atoms with van der Waals surface area (Å²) in [6, 6.07) is 0.654. The van der Waals surface area contributed by atoms with Crippen molar-refractivity contribution in [3.8, 4) is 17.0 Å². The Hall–Kier alpha value is -2.50. The molecule has 0 saturated heterocycles. The number of aromatic nitrogens is 3. The molecule has 6 nitrogen and oxygen atoms in total. The molecule has 5 rings (SSSR count). The molecular formula is C17H16F6N4O2. The fraction of sp³-hybridized carbons (Fsp3) is 0.529. The molecular weight excluding hydrogens is 406 g/mol. The van der Waals surface area contributed by atoms with Crippen molar-refractivity contribution in [1.29, 1.82) is 0 Å². The Morgan fingerprint density at radius 2 is 1.86 bits per heavy atom. The molecule has 3 saturated carbocycles. The zero-order valence-electron chi connectivity index (χ0n) is 14.7. The number of hydrogen-bond acceptors (Lipinski definition) is 5. The number of pyridine rings is 1. The second kappa shape index (κ2) is 6.51. The predicted octanol–water partition coefficient (Wildman–Crippen LogP) is 3.99. The van der Waals surface area contributed by atoms with Gasteiger partial charge in [0.1, 0.15) is 5.82 Å². The minimum absolute atomic E-state index is 0.0156. The van der Waals surface area contributed by atoms with Crippen LogP contribution in [-0.4, -0.2) is 32.2 Å². The first-order valence-corrected chi connectivity index (χ1v) is 8.77. The summed E-state index contributed by atoms with van der Waals surface area (Å²) in [6.07, 6.45) is -7.92. The second-order valence-electron chi connectivity index (χ2n) is 7.39. The minimum Gasteiger partial charge on any atom is -0.402 e. The van der Waals surface area contributed by atoms with Gasteiger partial charge in [-0.2, -0.15) is 13.2 Å². The summed E-state index contributed by atoms with van der Waals surface area (Å²) >= 11 is 0. The van der Waals surface area contributed by atoms with Crippen molar-refractivity contribution in [3.63, 3.8) is 0 Å². The van der Waals surface area contributed by atoms with Crippen LogP contribution in [-0.2, 0) is 0 Å². The van der Waals surface area contributed by atoms with Crippen LogP contribution in [0.1, 0.15) is 37.2 Å². The van der Waals surface area contributed by atoms with E-state index < -0.39 is 36.0 Å². The molecule has 12 heteroatoms. The number of rotatable bonds is 4. The van der Waals surface area contributed by atoms with Gasteiger partial charge in [-0.15, -0.1) is 13.2 Å². The molecule has 29 heavy (non-hydrogen) atoms. The van der Waals surface area contributed by atoms with E-state index in [1.54, 1.807) is 0 Å². The van der Waals surface area contributed by atoms with E-state index in [-0.39, 0.29) is 23.2 Å². The van der Waals surface area contributed by atoms with Crippen LogP contribution in [0.5, 0.6) is 5.75 Å². The largest absolute Gasteiger partial charge is 0.573 e. The van der Waals surface area contributed by atoms with Crippen molar-refractivity contribution in [2.24, 2.45) is 11.8 Å². The number of nitrogens with two attached hydrogens (primary N) is 1. The predicted molar refractivity (Wildman–Crippen MR) is 87.4 cm³/mol. The highest BCUT2D eigenvalue weighted by Gasteiger charge is 2.49. The van der Waals surface area contributed by atoms with Crippen LogP contribution < -0.4 is 10.5 Å². The van der Waals surface area contributed by atoms with Gasteiger partial charge in [0.25, 0.3) is 0 Å².